The second-order valence-electron chi connectivity index (χ2n) is 6.17. The summed E-state index contributed by atoms with van der Waals surface area (Å²) in [5.74, 6) is 0.759. The topological polar surface area (TPSA) is 71.0 Å². The Kier molecular flexibility index (Phi) is 4.66. The van der Waals surface area contributed by atoms with Gasteiger partial charge >= 0.3 is 0 Å². The molecule has 4 rings (SSSR count). The molecule has 2 aromatic heterocycles. The summed E-state index contributed by atoms with van der Waals surface area (Å²) in [6, 6.07) is 15.9. The fourth-order valence-corrected chi connectivity index (χ4v) is 3.13. The van der Waals surface area contributed by atoms with Crippen LogP contribution >= 0.6 is 0 Å². The zero-order valence-corrected chi connectivity index (χ0v) is 14.2. The number of carbonyl (C=O) groups excluding carboxylic acids is 1. The summed E-state index contributed by atoms with van der Waals surface area (Å²) < 4.78 is 0. The number of ketones is 1. The third-order valence-electron chi connectivity index (χ3n) is 4.47. The lowest BCUT2D eigenvalue weighted by atomic mass is 10.0. The van der Waals surface area contributed by atoms with Gasteiger partial charge in [0.05, 0.1) is 0 Å². The number of rotatable bonds is 4. The molecular weight excluding hydrogens is 326 g/mol. The van der Waals surface area contributed by atoms with Crippen LogP contribution in [0.15, 0.2) is 67.1 Å². The van der Waals surface area contributed by atoms with Gasteiger partial charge in [-0.2, -0.15) is 0 Å². The third-order valence-corrected chi connectivity index (χ3v) is 4.47. The van der Waals surface area contributed by atoms with Crippen LogP contribution in [0.4, 0.5) is 5.82 Å². The number of pyridine rings is 1. The average Bonchev–Trinajstić information content (AvgIpc) is 2.75. The van der Waals surface area contributed by atoms with Crippen LogP contribution < -0.4 is 10.2 Å². The average molecular weight is 345 g/mol. The van der Waals surface area contributed by atoms with Crippen molar-refractivity contribution < 1.29 is 4.79 Å². The van der Waals surface area contributed by atoms with Crippen molar-refractivity contribution in [2.45, 2.75) is 6.04 Å². The van der Waals surface area contributed by atoms with Crippen molar-refractivity contribution in [2.75, 3.05) is 24.5 Å². The number of hydrogen-bond acceptors (Lipinski definition) is 6. The Balaban J connectivity index is 1.55. The summed E-state index contributed by atoms with van der Waals surface area (Å²) in [5.41, 5.74) is 1.74. The zero-order valence-electron chi connectivity index (χ0n) is 14.2. The maximum atomic E-state index is 12.6. The van der Waals surface area contributed by atoms with Gasteiger partial charge in [-0.25, -0.2) is 9.97 Å². The molecule has 1 aliphatic rings. The molecule has 1 atom stereocenters. The summed E-state index contributed by atoms with van der Waals surface area (Å²) in [6.07, 6.45) is 4.82. The summed E-state index contributed by atoms with van der Waals surface area (Å²) in [6.45, 7) is 2.48. The molecular formula is C20H19N5O. The molecule has 1 unspecified atom stereocenters. The Morgan fingerprint density at radius 1 is 1.08 bits per heavy atom. The van der Waals surface area contributed by atoms with E-state index in [1.165, 1.54) is 11.8 Å². The van der Waals surface area contributed by atoms with E-state index in [2.05, 4.69) is 37.3 Å². The van der Waals surface area contributed by atoms with Crippen LogP contribution in [0.25, 0.3) is 0 Å². The van der Waals surface area contributed by atoms with Gasteiger partial charge < -0.3 is 10.2 Å². The Hall–Kier alpha value is -3.12. The number of nitrogens with one attached hydrogen (secondary N) is 1. The standard InChI is InChI=1S/C20H19N5O/c26-19(16-7-4-9-21-13-16)20-23-10-8-18(24-20)25-12-11-22-17(14-25)15-5-2-1-3-6-15/h1-10,13,17,22H,11-12,14H2. The molecule has 0 amide bonds. The van der Waals surface area contributed by atoms with Crippen molar-refractivity contribution in [3.05, 3.63) is 84.1 Å². The van der Waals surface area contributed by atoms with Gasteiger partial charge in [-0.1, -0.05) is 30.3 Å². The van der Waals surface area contributed by atoms with Gasteiger partial charge in [-0.05, 0) is 23.8 Å². The molecule has 0 aliphatic carbocycles. The van der Waals surface area contributed by atoms with Crippen LogP contribution in [0.5, 0.6) is 0 Å². The zero-order chi connectivity index (χ0) is 17.8. The van der Waals surface area contributed by atoms with E-state index in [-0.39, 0.29) is 17.6 Å². The molecule has 26 heavy (non-hydrogen) atoms. The van der Waals surface area contributed by atoms with Crippen LogP contribution in [0, 0.1) is 0 Å². The molecule has 1 fully saturated rings. The van der Waals surface area contributed by atoms with Crippen molar-refractivity contribution >= 4 is 11.6 Å². The summed E-state index contributed by atoms with van der Waals surface area (Å²) in [7, 11) is 0. The number of anilines is 1. The summed E-state index contributed by atoms with van der Waals surface area (Å²) >= 11 is 0. The van der Waals surface area contributed by atoms with Crippen LogP contribution in [-0.4, -0.2) is 40.4 Å². The van der Waals surface area contributed by atoms with Gasteiger partial charge in [0.15, 0.2) is 0 Å². The molecule has 130 valence electrons. The monoisotopic (exact) mass is 345 g/mol. The predicted octanol–water partition coefficient (Wildman–Crippen LogP) is 2.25. The second kappa shape index (κ2) is 7.41. The molecule has 3 heterocycles. The molecule has 0 bridgehead atoms. The molecule has 1 aliphatic heterocycles. The van der Waals surface area contributed by atoms with Gasteiger partial charge in [0.1, 0.15) is 5.82 Å². The van der Waals surface area contributed by atoms with Gasteiger partial charge in [0.2, 0.25) is 11.6 Å². The lowest BCUT2D eigenvalue weighted by molar-refractivity contribution is 0.102. The maximum Gasteiger partial charge on any atom is 0.231 e. The summed E-state index contributed by atoms with van der Waals surface area (Å²) in [5, 5.41) is 3.54. The first-order valence-electron chi connectivity index (χ1n) is 8.62. The molecule has 1 saturated heterocycles. The minimum absolute atomic E-state index is 0.199. The molecule has 0 radical (unpaired) electrons. The first-order chi connectivity index (χ1) is 12.8. The van der Waals surface area contributed by atoms with E-state index >= 15 is 0 Å². The van der Waals surface area contributed by atoms with Gasteiger partial charge in [0, 0.05) is 49.8 Å². The fourth-order valence-electron chi connectivity index (χ4n) is 3.13. The van der Waals surface area contributed by atoms with E-state index in [1.807, 2.05) is 24.3 Å². The van der Waals surface area contributed by atoms with Crippen LogP contribution in [0.3, 0.4) is 0 Å². The van der Waals surface area contributed by atoms with Crippen molar-refractivity contribution in [3.63, 3.8) is 0 Å². The second-order valence-corrected chi connectivity index (χ2v) is 6.17. The largest absolute Gasteiger partial charge is 0.353 e. The number of nitrogens with zero attached hydrogens (tertiary/aromatic N) is 4. The first kappa shape index (κ1) is 16.4. The van der Waals surface area contributed by atoms with Crippen LogP contribution in [0.2, 0.25) is 0 Å². The third kappa shape index (κ3) is 3.45. The van der Waals surface area contributed by atoms with E-state index in [0.29, 0.717) is 5.56 Å². The Labute approximate surface area is 151 Å². The number of hydrogen-bond donors (Lipinski definition) is 1. The van der Waals surface area contributed by atoms with Gasteiger partial charge in [-0.15, -0.1) is 0 Å². The molecule has 6 nitrogen and oxygen atoms in total. The smallest absolute Gasteiger partial charge is 0.231 e. The van der Waals surface area contributed by atoms with E-state index < -0.39 is 0 Å². The minimum Gasteiger partial charge on any atom is -0.353 e. The Morgan fingerprint density at radius 3 is 2.77 bits per heavy atom. The van der Waals surface area contributed by atoms with Crippen molar-refractivity contribution in [1.29, 1.82) is 0 Å². The SMILES string of the molecule is O=C(c1cccnc1)c1nccc(N2CCNC(c3ccccc3)C2)n1. The molecule has 1 aromatic carbocycles. The molecule has 1 N–H and O–H groups in total. The van der Waals surface area contributed by atoms with E-state index in [9.17, 15) is 4.79 Å². The molecule has 3 aromatic rings. The van der Waals surface area contributed by atoms with E-state index in [0.717, 1.165) is 25.5 Å². The van der Waals surface area contributed by atoms with Crippen molar-refractivity contribution in [1.82, 2.24) is 20.3 Å². The first-order valence-corrected chi connectivity index (χ1v) is 8.62. The fraction of sp³-hybridized carbons (Fsp3) is 0.200. The molecule has 0 spiro atoms. The highest BCUT2D eigenvalue weighted by atomic mass is 16.1. The predicted molar refractivity (Wildman–Crippen MR) is 99.1 cm³/mol. The lowest BCUT2D eigenvalue weighted by Crippen LogP contribution is -2.46. The van der Waals surface area contributed by atoms with E-state index in [4.69, 9.17) is 0 Å². The highest BCUT2D eigenvalue weighted by molar-refractivity contribution is 6.06. The quantitative estimate of drug-likeness (QED) is 0.732. The summed E-state index contributed by atoms with van der Waals surface area (Å²) in [4.78, 5) is 27.4. The number of carbonyl (C=O) groups is 1. The molecule has 6 heteroatoms. The Morgan fingerprint density at radius 2 is 1.96 bits per heavy atom. The maximum absolute atomic E-state index is 12.6. The highest BCUT2D eigenvalue weighted by Crippen LogP contribution is 2.21. The normalized spacial score (nSPS) is 17.1. The van der Waals surface area contributed by atoms with Gasteiger partial charge in [0.25, 0.3) is 0 Å². The number of benzene rings is 1. The molecule has 0 saturated carbocycles. The minimum atomic E-state index is -0.213. The number of piperazine rings is 1. The lowest BCUT2D eigenvalue weighted by Gasteiger charge is -2.34. The van der Waals surface area contributed by atoms with Crippen LogP contribution in [0.1, 0.15) is 27.8 Å². The highest BCUT2D eigenvalue weighted by Gasteiger charge is 2.22. The van der Waals surface area contributed by atoms with Crippen molar-refractivity contribution in [3.8, 4) is 0 Å². The van der Waals surface area contributed by atoms with Crippen molar-refractivity contribution in [2.24, 2.45) is 0 Å². The van der Waals surface area contributed by atoms with Gasteiger partial charge in [-0.3, -0.25) is 9.78 Å². The van der Waals surface area contributed by atoms with E-state index in [1.54, 1.807) is 24.5 Å². The number of aromatic nitrogens is 3. The Bertz CT molecular complexity index is 885. The van der Waals surface area contributed by atoms with Crippen LogP contribution in [-0.2, 0) is 0 Å².